The standard InChI is InChI=1S/C52H57NO20S2/c1-5-38(54)64-24-10-8-12-26-66-43(56)30-14-18-32(19-15-30)50-68-28-34(47(60)72-50)45(58)70-36-22-23-37(42-41(36)74-52(75-42)40(53-4)49(62)63-7-3)71-46(59)35-29-69-51(73-48(35)61)33-20-16-31(17-21-33)44(57)67-27-13-9-11-25-65-39(55)6-2/h5-6,22-23,28-33,50-51H,1-2,7-21,24-27H2,3H3. The third-order valence-electron chi connectivity index (χ3n) is 12.4. The van der Waals surface area contributed by atoms with E-state index in [2.05, 4.69) is 18.0 Å². The molecule has 75 heavy (non-hydrogen) atoms. The monoisotopic (exact) mass is 1080 g/mol. The minimum Gasteiger partial charge on any atom is -0.471 e. The van der Waals surface area contributed by atoms with E-state index in [4.69, 9.17) is 58.7 Å². The maximum atomic E-state index is 13.5. The number of fused-ring (bicyclic) bond motifs is 1. The van der Waals surface area contributed by atoms with Gasteiger partial charge in [0.2, 0.25) is 12.6 Å². The van der Waals surface area contributed by atoms with Crippen molar-refractivity contribution < 1.29 is 95.3 Å². The van der Waals surface area contributed by atoms with Crippen molar-refractivity contribution in [1.82, 2.24) is 0 Å². The molecule has 0 N–H and O–H groups in total. The number of esters is 9. The SMILES string of the molecule is [C-]#[N+]C(C(=O)OCC)=C1Sc2c(OC(=O)C3=COC(C4CCC(C(=O)OCCCCCOC(=O)C=C)CC4)OC3=O)ccc(OC(=O)C3=COC(C4CCC(C(=O)OCCCCCOC(=O)C=C)CC4)OC3=O)c2S1. The molecular formula is C52H57NO20S2. The average molecular weight is 1080 g/mol. The van der Waals surface area contributed by atoms with Crippen LogP contribution in [0.1, 0.15) is 96.8 Å². The molecule has 2 saturated carbocycles. The minimum absolute atomic E-state index is 0.0320. The normalized spacial score (nSPS) is 21.7. The molecule has 1 aromatic rings. The van der Waals surface area contributed by atoms with Crippen LogP contribution >= 0.6 is 23.5 Å². The van der Waals surface area contributed by atoms with Gasteiger partial charge in [-0.05, 0) is 109 Å². The molecule has 0 bridgehead atoms. The fraction of sp³-hybridized carbons (Fsp3) is 0.500. The number of thioether (sulfide) groups is 2. The van der Waals surface area contributed by atoms with Crippen molar-refractivity contribution in [3.8, 4) is 11.5 Å². The predicted molar refractivity (Wildman–Crippen MR) is 261 cm³/mol. The van der Waals surface area contributed by atoms with Crippen molar-refractivity contribution >= 4 is 77.2 Å². The number of ether oxygens (including phenoxy) is 11. The summed E-state index contributed by atoms with van der Waals surface area (Å²) in [6.07, 6.45) is 9.68. The first-order valence-electron chi connectivity index (χ1n) is 24.6. The number of unbranched alkanes of at least 4 members (excludes halogenated alkanes) is 4. The molecule has 2 atom stereocenters. The zero-order valence-electron chi connectivity index (χ0n) is 41.2. The minimum atomic E-state index is -1.17. The van der Waals surface area contributed by atoms with Gasteiger partial charge in [0.15, 0.2) is 11.1 Å². The number of hydrogen-bond donors (Lipinski definition) is 0. The lowest BCUT2D eigenvalue weighted by atomic mass is 9.81. The molecule has 5 aliphatic rings. The quantitative estimate of drug-likeness (QED) is 0.0186. The summed E-state index contributed by atoms with van der Waals surface area (Å²) in [5, 5.41) is 0. The van der Waals surface area contributed by atoms with Gasteiger partial charge < -0.3 is 52.1 Å². The molecule has 23 heteroatoms. The topological polar surface area (TPSA) is 260 Å². The van der Waals surface area contributed by atoms with Crippen LogP contribution < -0.4 is 9.47 Å². The summed E-state index contributed by atoms with van der Waals surface area (Å²) < 4.78 is 59.7. The van der Waals surface area contributed by atoms with Crippen LogP contribution in [0, 0.1) is 30.2 Å². The van der Waals surface area contributed by atoms with Crippen LogP contribution in [0.3, 0.4) is 0 Å². The van der Waals surface area contributed by atoms with E-state index in [0.717, 1.165) is 48.2 Å². The van der Waals surface area contributed by atoms with E-state index < -0.39 is 71.2 Å². The molecule has 2 unspecified atom stereocenters. The van der Waals surface area contributed by atoms with Gasteiger partial charge in [-0.3, -0.25) is 14.4 Å². The maximum absolute atomic E-state index is 13.5. The number of nitrogens with zero attached hydrogens (tertiary/aromatic N) is 1. The molecule has 3 heterocycles. The van der Waals surface area contributed by atoms with Crippen molar-refractivity contribution in [2.45, 2.75) is 119 Å². The molecule has 0 amide bonds. The van der Waals surface area contributed by atoms with Gasteiger partial charge in [0.25, 0.3) is 5.70 Å². The largest absolute Gasteiger partial charge is 0.471 e. The Hall–Kier alpha value is -7.06. The second kappa shape index (κ2) is 28.6. The van der Waals surface area contributed by atoms with Crippen molar-refractivity contribution in [2.24, 2.45) is 23.7 Å². The lowest BCUT2D eigenvalue weighted by molar-refractivity contribution is -0.187. The molecule has 0 aromatic heterocycles. The fourth-order valence-corrected chi connectivity index (χ4v) is 10.9. The van der Waals surface area contributed by atoms with Crippen molar-refractivity contribution in [2.75, 3.05) is 33.0 Å². The Morgan fingerprint density at radius 3 is 1.37 bits per heavy atom. The van der Waals surface area contributed by atoms with Gasteiger partial charge in [-0.25, -0.2) is 33.6 Å². The zero-order valence-corrected chi connectivity index (χ0v) is 42.8. The summed E-state index contributed by atoms with van der Waals surface area (Å²) in [5.41, 5.74) is -1.55. The van der Waals surface area contributed by atoms with Crippen LogP contribution in [0.25, 0.3) is 4.85 Å². The molecule has 0 radical (unpaired) electrons. The predicted octanol–water partition coefficient (Wildman–Crippen LogP) is 7.41. The first kappa shape index (κ1) is 57.2. The lowest BCUT2D eigenvalue weighted by Crippen LogP contribution is -2.37. The zero-order chi connectivity index (χ0) is 53.9. The Balaban J connectivity index is 1.02. The Morgan fingerprint density at radius 1 is 0.613 bits per heavy atom. The second-order valence-electron chi connectivity index (χ2n) is 17.5. The van der Waals surface area contributed by atoms with Crippen molar-refractivity contribution in [1.29, 1.82) is 0 Å². The van der Waals surface area contributed by atoms with Gasteiger partial charge in [0.1, 0.15) is 24.0 Å². The summed E-state index contributed by atoms with van der Waals surface area (Å²) in [4.78, 5) is 118. The summed E-state index contributed by atoms with van der Waals surface area (Å²) in [6.45, 7) is 16.9. The van der Waals surface area contributed by atoms with Crippen LogP contribution in [0.2, 0.25) is 0 Å². The number of hydrogen-bond acceptors (Lipinski definition) is 22. The Morgan fingerprint density at radius 2 is 1.01 bits per heavy atom. The van der Waals surface area contributed by atoms with Gasteiger partial charge in [-0.2, -0.15) is 0 Å². The molecule has 6 rings (SSSR count). The van der Waals surface area contributed by atoms with Crippen molar-refractivity contribution in [3.05, 3.63) is 82.5 Å². The first-order valence-corrected chi connectivity index (χ1v) is 26.2. The molecule has 2 fully saturated rings. The number of carbonyl (C=O) groups excluding carboxylic acids is 9. The molecule has 0 spiro atoms. The second-order valence-corrected chi connectivity index (χ2v) is 19.8. The van der Waals surface area contributed by atoms with Gasteiger partial charge in [0.05, 0.1) is 65.5 Å². The average Bonchev–Trinajstić information content (AvgIpc) is 3.86. The highest BCUT2D eigenvalue weighted by atomic mass is 32.2. The van der Waals surface area contributed by atoms with E-state index in [1.54, 1.807) is 6.92 Å². The molecule has 0 saturated heterocycles. The number of benzene rings is 1. The summed E-state index contributed by atoms with van der Waals surface area (Å²) in [7, 11) is 0. The van der Waals surface area contributed by atoms with E-state index in [9.17, 15) is 43.2 Å². The number of carbonyl (C=O) groups is 9. The smallest absolute Gasteiger partial charge is 0.354 e. The van der Waals surface area contributed by atoms with Crippen molar-refractivity contribution in [3.63, 3.8) is 0 Å². The third-order valence-corrected chi connectivity index (χ3v) is 15.0. The van der Waals surface area contributed by atoms with E-state index in [-0.39, 0.29) is 94.2 Å². The fourth-order valence-electron chi connectivity index (χ4n) is 8.37. The molecular weight excluding hydrogens is 1020 g/mol. The van der Waals surface area contributed by atoms with E-state index in [1.165, 1.54) is 12.1 Å². The molecule has 1 aromatic carbocycles. The number of cyclic esters (lactones) is 2. The molecule has 2 aliphatic carbocycles. The highest BCUT2D eigenvalue weighted by molar-refractivity contribution is 8.24. The summed E-state index contributed by atoms with van der Waals surface area (Å²) >= 11 is 1.68. The molecule has 21 nitrogen and oxygen atoms in total. The van der Waals surface area contributed by atoms with Gasteiger partial charge >= 0.3 is 53.7 Å². The van der Waals surface area contributed by atoms with Crippen LogP contribution in [0.4, 0.5) is 0 Å². The van der Waals surface area contributed by atoms with E-state index in [0.29, 0.717) is 89.9 Å². The van der Waals surface area contributed by atoms with Gasteiger partial charge in [-0.15, -0.1) is 0 Å². The molecule has 402 valence electrons. The van der Waals surface area contributed by atoms with E-state index in [1.807, 2.05) is 0 Å². The van der Waals surface area contributed by atoms with Crippen LogP contribution in [-0.4, -0.2) is 99.3 Å². The number of rotatable bonds is 24. The Labute approximate surface area is 440 Å². The van der Waals surface area contributed by atoms with Gasteiger partial charge in [-0.1, -0.05) is 36.7 Å². The summed E-state index contributed by atoms with van der Waals surface area (Å²) in [5.74, 6) is -8.48. The van der Waals surface area contributed by atoms with Crippen LogP contribution in [-0.2, 0) is 85.8 Å². The lowest BCUT2D eigenvalue weighted by Gasteiger charge is -2.33. The third kappa shape index (κ3) is 16.0. The van der Waals surface area contributed by atoms with Crippen LogP contribution in [0.15, 0.2) is 80.8 Å². The Bertz CT molecular complexity index is 2360. The highest BCUT2D eigenvalue weighted by Crippen LogP contribution is 2.59. The molecule has 3 aliphatic heterocycles. The van der Waals surface area contributed by atoms with Crippen LogP contribution in [0.5, 0.6) is 11.5 Å². The van der Waals surface area contributed by atoms with Gasteiger partial charge in [0, 0.05) is 24.0 Å². The summed E-state index contributed by atoms with van der Waals surface area (Å²) in [6, 6.07) is 2.50. The highest BCUT2D eigenvalue weighted by Gasteiger charge is 2.41. The Kier molecular flexibility index (Phi) is 21.8. The van der Waals surface area contributed by atoms with E-state index >= 15 is 0 Å². The first-order chi connectivity index (χ1) is 36.2. The maximum Gasteiger partial charge on any atom is 0.354 e.